The molecule has 0 radical (unpaired) electrons. The highest BCUT2D eigenvalue weighted by Gasteiger charge is 2.28. The normalized spacial score (nSPS) is 11.5. The van der Waals surface area contributed by atoms with E-state index in [1.807, 2.05) is 60.7 Å². The molecule has 0 saturated heterocycles. The molecule has 9 aromatic rings. The van der Waals surface area contributed by atoms with Crippen molar-refractivity contribution in [3.63, 3.8) is 0 Å². The van der Waals surface area contributed by atoms with Gasteiger partial charge < -0.3 is 0 Å². The maximum absolute atomic E-state index is 10.4. The molecule has 0 aliphatic heterocycles. The fourth-order valence-electron chi connectivity index (χ4n) is 9.87. The smallest absolute Gasteiger partial charge is 0.140 e. The molecule has 0 spiro atoms. The summed E-state index contributed by atoms with van der Waals surface area (Å²) >= 11 is 0. The van der Waals surface area contributed by atoms with E-state index in [4.69, 9.17) is 0 Å². The second-order valence-electron chi connectivity index (χ2n) is 17.9. The summed E-state index contributed by atoms with van der Waals surface area (Å²) in [6, 6.07) is 96.6. The molecule has 0 N–H and O–H groups in total. The molecule has 0 saturated carbocycles. The summed E-state index contributed by atoms with van der Waals surface area (Å²) in [6.45, 7) is 0. The fraction of sp³-hybridized carbons (Fsp3) is 0.0882. The van der Waals surface area contributed by atoms with Gasteiger partial charge in [0.15, 0.2) is 0 Å². The third-order valence-electron chi connectivity index (χ3n) is 13.4. The molecule has 0 bridgehead atoms. The fourth-order valence-corrected chi connectivity index (χ4v) is 9.87. The molecule has 72 heavy (non-hydrogen) atoms. The zero-order valence-electron chi connectivity index (χ0n) is 39.8. The van der Waals surface area contributed by atoms with E-state index in [9.17, 15) is 21.0 Å². The van der Waals surface area contributed by atoms with Gasteiger partial charge in [-0.25, -0.2) is 0 Å². The molecule has 2 unspecified atom stereocenters. The topological polar surface area (TPSA) is 95.2 Å². The molecule has 2 atom stereocenters. The minimum Gasteiger partial charge on any atom is -0.197 e. The van der Waals surface area contributed by atoms with Crippen LogP contribution in [0.5, 0.6) is 0 Å². The van der Waals surface area contributed by atoms with Gasteiger partial charge in [-0.2, -0.15) is 21.0 Å². The Morgan fingerprint density at radius 3 is 0.708 bits per heavy atom. The van der Waals surface area contributed by atoms with Crippen molar-refractivity contribution >= 4 is 22.3 Å². The molecule has 342 valence electrons. The number of nitriles is 4. The van der Waals surface area contributed by atoms with Crippen LogP contribution in [-0.4, -0.2) is 0 Å². The molecule has 0 amide bonds. The van der Waals surface area contributed by atoms with Gasteiger partial charge in [-0.3, -0.25) is 0 Å². The lowest BCUT2D eigenvalue weighted by Crippen LogP contribution is -2.16. The summed E-state index contributed by atoms with van der Waals surface area (Å²) in [7, 11) is 0. The predicted octanol–water partition coefficient (Wildman–Crippen LogP) is 15.7. The van der Waals surface area contributed by atoms with E-state index < -0.39 is 23.7 Å². The zero-order chi connectivity index (χ0) is 49.5. The SMILES string of the molecule is N#CC(C#N)C(Cc1ccc(C(=C(c2ccccc2)c2ccccc2)c2ccccc2)cc1)c1cccc(C(Cc2ccc(C(=C(c3ccccc3)c3ccccc3)c3ccccc3)cc2)C(C#N)C#N)c1. The number of hydrogen-bond donors (Lipinski definition) is 0. The summed E-state index contributed by atoms with van der Waals surface area (Å²) in [5.41, 5.74) is 16.7. The van der Waals surface area contributed by atoms with E-state index in [0.717, 1.165) is 89.1 Å². The third-order valence-corrected chi connectivity index (χ3v) is 13.4. The Bertz CT molecular complexity index is 3120. The van der Waals surface area contributed by atoms with Crippen molar-refractivity contribution in [2.24, 2.45) is 11.8 Å². The number of hydrogen-bond acceptors (Lipinski definition) is 4. The lowest BCUT2D eigenvalue weighted by Gasteiger charge is -2.23. The van der Waals surface area contributed by atoms with Crippen LogP contribution in [0.25, 0.3) is 22.3 Å². The summed E-state index contributed by atoms with van der Waals surface area (Å²) in [5.74, 6) is -2.85. The molecule has 0 heterocycles. The van der Waals surface area contributed by atoms with Gasteiger partial charge in [-0.15, -0.1) is 0 Å². The summed E-state index contributed by atoms with van der Waals surface area (Å²) in [6.07, 6.45) is 0.864. The molecule has 0 fully saturated rings. The second kappa shape index (κ2) is 23.1. The number of benzene rings is 9. The lowest BCUT2D eigenvalue weighted by atomic mass is 9.78. The van der Waals surface area contributed by atoms with E-state index in [-0.39, 0.29) is 0 Å². The first-order chi connectivity index (χ1) is 35.6. The average Bonchev–Trinajstić information content (AvgIpc) is 3.45. The van der Waals surface area contributed by atoms with E-state index in [2.05, 4.69) is 218 Å². The Labute approximate surface area is 423 Å². The van der Waals surface area contributed by atoms with Crippen LogP contribution in [0.15, 0.2) is 255 Å². The second-order valence-corrected chi connectivity index (χ2v) is 17.9. The molecule has 9 rings (SSSR count). The van der Waals surface area contributed by atoms with E-state index in [0.29, 0.717) is 12.8 Å². The van der Waals surface area contributed by atoms with Crippen LogP contribution in [-0.2, 0) is 12.8 Å². The standard InChI is InChI=1S/C68H50N4/c69-45-61(46-70)63(42-49-34-38-57(39-35-49)67(55-28-15-5-16-29-55)65(51-20-7-1-8-21-51)52-22-9-2-10-23-52)59-32-19-33-60(44-59)64(62(47-71)48-72)43-50-36-40-58(41-37-50)68(56-30-17-6-18-31-56)66(53-24-11-3-12-25-53)54-26-13-4-14-27-54/h1-41,44,61-64H,42-43H2. The summed E-state index contributed by atoms with van der Waals surface area (Å²) in [4.78, 5) is 0. The van der Waals surface area contributed by atoms with Crippen molar-refractivity contribution in [3.05, 3.63) is 322 Å². The van der Waals surface area contributed by atoms with Gasteiger partial charge in [-0.1, -0.05) is 255 Å². The van der Waals surface area contributed by atoms with Crippen LogP contribution >= 0.6 is 0 Å². The first-order valence-corrected chi connectivity index (χ1v) is 24.2. The number of rotatable bonds is 16. The van der Waals surface area contributed by atoms with Crippen LogP contribution in [0.2, 0.25) is 0 Å². The molecule has 0 aliphatic rings. The Morgan fingerprint density at radius 2 is 0.486 bits per heavy atom. The Hall–Kier alpha value is -9.58. The monoisotopic (exact) mass is 922 g/mol. The van der Waals surface area contributed by atoms with Gasteiger partial charge in [0.1, 0.15) is 11.8 Å². The Morgan fingerprint density at radius 1 is 0.264 bits per heavy atom. The van der Waals surface area contributed by atoms with E-state index in [1.165, 1.54) is 0 Å². The zero-order valence-corrected chi connectivity index (χ0v) is 39.8. The minimum atomic E-state index is -0.945. The van der Waals surface area contributed by atoms with E-state index >= 15 is 0 Å². The Balaban J connectivity index is 1.05. The van der Waals surface area contributed by atoms with Crippen LogP contribution < -0.4 is 0 Å². The van der Waals surface area contributed by atoms with Crippen LogP contribution in [0.3, 0.4) is 0 Å². The molecular weight excluding hydrogens is 873 g/mol. The first kappa shape index (κ1) is 47.5. The maximum Gasteiger partial charge on any atom is 0.140 e. The van der Waals surface area contributed by atoms with Gasteiger partial charge in [-0.05, 0) is 102 Å². The molecule has 0 aliphatic carbocycles. The van der Waals surface area contributed by atoms with Gasteiger partial charge >= 0.3 is 0 Å². The van der Waals surface area contributed by atoms with Crippen molar-refractivity contribution in [1.29, 1.82) is 21.0 Å². The van der Waals surface area contributed by atoms with Crippen LogP contribution in [0.4, 0.5) is 0 Å². The molecule has 4 heteroatoms. The van der Waals surface area contributed by atoms with Crippen LogP contribution in [0.1, 0.15) is 78.6 Å². The van der Waals surface area contributed by atoms with Crippen molar-refractivity contribution in [3.8, 4) is 24.3 Å². The quantitative estimate of drug-likeness (QED) is 0.0902. The largest absolute Gasteiger partial charge is 0.197 e. The third kappa shape index (κ3) is 10.8. The highest BCUT2D eigenvalue weighted by Crippen LogP contribution is 2.40. The van der Waals surface area contributed by atoms with Crippen molar-refractivity contribution in [2.45, 2.75) is 24.7 Å². The Kier molecular flexibility index (Phi) is 15.3. The minimum absolute atomic E-state index is 0.432. The summed E-state index contributed by atoms with van der Waals surface area (Å²) < 4.78 is 0. The summed E-state index contributed by atoms with van der Waals surface area (Å²) in [5, 5.41) is 41.7. The molecular formula is C68H50N4. The lowest BCUT2D eigenvalue weighted by molar-refractivity contribution is 0.591. The van der Waals surface area contributed by atoms with Gasteiger partial charge in [0, 0.05) is 11.8 Å². The van der Waals surface area contributed by atoms with Crippen molar-refractivity contribution in [1.82, 2.24) is 0 Å². The maximum atomic E-state index is 10.4. The van der Waals surface area contributed by atoms with Crippen molar-refractivity contribution < 1.29 is 0 Å². The van der Waals surface area contributed by atoms with Crippen LogP contribution in [0, 0.1) is 57.2 Å². The van der Waals surface area contributed by atoms with Gasteiger partial charge in [0.2, 0.25) is 0 Å². The molecule has 0 aromatic heterocycles. The van der Waals surface area contributed by atoms with Gasteiger partial charge in [0.05, 0.1) is 24.3 Å². The first-order valence-electron chi connectivity index (χ1n) is 24.2. The average molecular weight is 923 g/mol. The molecule has 9 aromatic carbocycles. The molecule has 4 nitrogen and oxygen atoms in total. The predicted molar refractivity (Wildman–Crippen MR) is 290 cm³/mol. The van der Waals surface area contributed by atoms with Crippen molar-refractivity contribution in [2.75, 3.05) is 0 Å². The number of nitrogens with zero attached hydrogens (tertiary/aromatic N) is 4. The van der Waals surface area contributed by atoms with Gasteiger partial charge in [0.25, 0.3) is 0 Å². The highest BCUT2D eigenvalue weighted by molar-refractivity contribution is 6.05. The highest BCUT2D eigenvalue weighted by atomic mass is 14.4. The van der Waals surface area contributed by atoms with E-state index in [1.54, 1.807) is 0 Å².